The van der Waals surface area contributed by atoms with Crippen molar-refractivity contribution in [2.45, 2.75) is 37.4 Å². The molecule has 2 bridgehead atoms. The lowest BCUT2D eigenvalue weighted by Crippen LogP contribution is -2.43. The monoisotopic (exact) mass is 218 g/mol. The van der Waals surface area contributed by atoms with Crippen LogP contribution in [0.1, 0.15) is 29.9 Å². The Labute approximate surface area is 93.7 Å². The van der Waals surface area contributed by atoms with E-state index in [1.165, 1.54) is 6.42 Å². The highest BCUT2D eigenvalue weighted by Crippen LogP contribution is 2.28. The van der Waals surface area contributed by atoms with Crippen LogP contribution in [0.3, 0.4) is 0 Å². The molecule has 1 aromatic heterocycles. The van der Waals surface area contributed by atoms with Gasteiger partial charge in [-0.05, 0) is 25.3 Å². The van der Waals surface area contributed by atoms with Crippen LogP contribution in [0.2, 0.25) is 0 Å². The van der Waals surface area contributed by atoms with Crippen molar-refractivity contribution in [3.05, 3.63) is 24.3 Å². The number of hydrogen-bond acceptors (Lipinski definition) is 4. The lowest BCUT2D eigenvalue weighted by Gasteiger charge is -2.20. The minimum Gasteiger partial charge on any atom is -0.345 e. The lowest BCUT2D eigenvalue weighted by atomic mass is 9.95. The summed E-state index contributed by atoms with van der Waals surface area (Å²) in [5.74, 6) is 0.0882. The number of nitrogens with zero attached hydrogens (tertiary/aromatic N) is 2. The first-order valence-electron chi connectivity index (χ1n) is 5.67. The average Bonchev–Trinajstić information content (AvgIpc) is 2.92. The van der Waals surface area contributed by atoms with Crippen molar-refractivity contribution in [3.8, 4) is 0 Å². The first-order chi connectivity index (χ1) is 7.83. The van der Waals surface area contributed by atoms with Gasteiger partial charge in [-0.3, -0.25) is 4.79 Å². The molecular weight excluding hydrogens is 204 g/mol. The molecule has 2 aliphatic rings. The maximum atomic E-state index is 11.8. The van der Waals surface area contributed by atoms with Gasteiger partial charge in [0, 0.05) is 30.5 Å². The molecule has 0 aromatic carbocycles. The van der Waals surface area contributed by atoms with Crippen LogP contribution in [0.4, 0.5) is 0 Å². The smallest absolute Gasteiger partial charge is 0.289 e. The normalized spacial score (nSPS) is 31.6. The molecule has 2 aliphatic heterocycles. The molecule has 3 heterocycles. The zero-order chi connectivity index (χ0) is 11.0. The van der Waals surface area contributed by atoms with Crippen molar-refractivity contribution in [1.29, 1.82) is 0 Å². The van der Waals surface area contributed by atoms with E-state index in [-0.39, 0.29) is 17.8 Å². The largest absolute Gasteiger partial charge is 0.345 e. The minimum atomic E-state index is -0.167. The standard InChI is InChI=1S/C11H14N4O/c16-11(10-12-4-1-5-13-10)15-9-6-7-2-3-8(9)14-7/h1,4-5,7-9,14H,2-3,6H2,(H,15,16)/t7-,8+,9-/m1/s1. The molecule has 3 rings (SSSR count). The number of nitrogens with one attached hydrogen (secondary N) is 2. The SMILES string of the molecule is O=C(N[C@@H]1C[C@H]2CC[C@@H]1N2)c1ncccn1. The molecule has 1 amide bonds. The van der Waals surface area contributed by atoms with Gasteiger partial charge in [-0.2, -0.15) is 0 Å². The molecule has 0 unspecified atom stereocenters. The van der Waals surface area contributed by atoms with Crippen LogP contribution < -0.4 is 10.6 Å². The summed E-state index contributed by atoms with van der Waals surface area (Å²) in [6.45, 7) is 0. The average molecular weight is 218 g/mol. The molecule has 0 aliphatic carbocycles. The maximum absolute atomic E-state index is 11.8. The predicted molar refractivity (Wildman–Crippen MR) is 57.8 cm³/mol. The molecule has 16 heavy (non-hydrogen) atoms. The fraction of sp³-hybridized carbons (Fsp3) is 0.545. The van der Waals surface area contributed by atoms with Gasteiger partial charge in [0.15, 0.2) is 0 Å². The van der Waals surface area contributed by atoms with E-state index >= 15 is 0 Å². The van der Waals surface area contributed by atoms with Crippen LogP contribution in [0.5, 0.6) is 0 Å². The fourth-order valence-corrected chi connectivity index (χ4v) is 2.63. The van der Waals surface area contributed by atoms with Crippen LogP contribution in [-0.4, -0.2) is 34.0 Å². The predicted octanol–water partition coefficient (Wildman–Crippen LogP) is 0.0993. The number of fused-ring (bicyclic) bond motifs is 2. The van der Waals surface area contributed by atoms with Crippen molar-refractivity contribution < 1.29 is 4.79 Å². The quantitative estimate of drug-likeness (QED) is 0.738. The second kappa shape index (κ2) is 3.83. The van der Waals surface area contributed by atoms with Gasteiger partial charge in [-0.15, -0.1) is 0 Å². The lowest BCUT2D eigenvalue weighted by molar-refractivity contribution is 0.0920. The van der Waals surface area contributed by atoms with E-state index < -0.39 is 0 Å². The van der Waals surface area contributed by atoms with Gasteiger partial charge in [0.25, 0.3) is 5.91 Å². The molecule has 0 radical (unpaired) electrons. The third kappa shape index (κ3) is 1.67. The number of carbonyl (C=O) groups is 1. The fourth-order valence-electron chi connectivity index (χ4n) is 2.63. The van der Waals surface area contributed by atoms with Crippen LogP contribution >= 0.6 is 0 Å². The van der Waals surface area contributed by atoms with Crippen molar-refractivity contribution in [1.82, 2.24) is 20.6 Å². The highest BCUT2D eigenvalue weighted by atomic mass is 16.2. The van der Waals surface area contributed by atoms with Gasteiger partial charge in [-0.25, -0.2) is 9.97 Å². The Bertz CT molecular complexity index is 394. The molecule has 1 aromatic rings. The second-order valence-electron chi connectivity index (χ2n) is 4.44. The van der Waals surface area contributed by atoms with E-state index in [1.807, 2.05) is 0 Å². The van der Waals surface area contributed by atoms with Gasteiger partial charge in [-0.1, -0.05) is 0 Å². The van der Waals surface area contributed by atoms with Gasteiger partial charge in [0.1, 0.15) is 0 Å². The van der Waals surface area contributed by atoms with Crippen LogP contribution in [0, 0.1) is 0 Å². The number of rotatable bonds is 2. The zero-order valence-corrected chi connectivity index (χ0v) is 8.89. The first-order valence-corrected chi connectivity index (χ1v) is 5.67. The van der Waals surface area contributed by atoms with Crippen molar-refractivity contribution in [3.63, 3.8) is 0 Å². The van der Waals surface area contributed by atoms with E-state index in [2.05, 4.69) is 20.6 Å². The summed E-state index contributed by atoms with van der Waals surface area (Å²) >= 11 is 0. The van der Waals surface area contributed by atoms with Crippen molar-refractivity contribution in [2.24, 2.45) is 0 Å². The molecule has 2 saturated heterocycles. The zero-order valence-electron chi connectivity index (χ0n) is 8.89. The van der Waals surface area contributed by atoms with E-state index in [9.17, 15) is 4.79 Å². The third-order valence-electron chi connectivity index (χ3n) is 3.39. The summed E-state index contributed by atoms with van der Waals surface area (Å²) in [6, 6.07) is 2.98. The Morgan fingerprint density at radius 1 is 1.38 bits per heavy atom. The Hall–Kier alpha value is -1.49. The Morgan fingerprint density at radius 2 is 2.19 bits per heavy atom. The summed E-state index contributed by atoms with van der Waals surface area (Å²) in [4.78, 5) is 19.7. The molecule has 2 fully saturated rings. The van der Waals surface area contributed by atoms with Crippen molar-refractivity contribution >= 4 is 5.91 Å². The molecule has 84 valence electrons. The number of carbonyl (C=O) groups excluding carboxylic acids is 1. The molecule has 3 atom stereocenters. The highest BCUT2D eigenvalue weighted by Gasteiger charge is 2.39. The highest BCUT2D eigenvalue weighted by molar-refractivity contribution is 5.90. The van der Waals surface area contributed by atoms with E-state index in [1.54, 1.807) is 18.5 Å². The Balaban J connectivity index is 1.65. The maximum Gasteiger partial charge on any atom is 0.289 e. The molecule has 5 heteroatoms. The number of amides is 1. The minimum absolute atomic E-state index is 0.167. The summed E-state index contributed by atoms with van der Waals surface area (Å²) < 4.78 is 0. The van der Waals surface area contributed by atoms with Crippen LogP contribution in [0.25, 0.3) is 0 Å². The van der Waals surface area contributed by atoms with E-state index in [4.69, 9.17) is 0 Å². The third-order valence-corrected chi connectivity index (χ3v) is 3.39. The topological polar surface area (TPSA) is 66.9 Å². The summed E-state index contributed by atoms with van der Waals surface area (Å²) in [5, 5.41) is 6.48. The molecule has 2 N–H and O–H groups in total. The van der Waals surface area contributed by atoms with Crippen molar-refractivity contribution in [2.75, 3.05) is 0 Å². The van der Waals surface area contributed by atoms with Crippen LogP contribution in [-0.2, 0) is 0 Å². The summed E-state index contributed by atoms with van der Waals surface area (Å²) in [7, 11) is 0. The Morgan fingerprint density at radius 3 is 2.81 bits per heavy atom. The van der Waals surface area contributed by atoms with E-state index in [0.717, 1.165) is 12.8 Å². The Kier molecular flexibility index (Phi) is 2.32. The molecular formula is C11H14N4O. The van der Waals surface area contributed by atoms with Crippen LogP contribution in [0.15, 0.2) is 18.5 Å². The first kappa shape index (κ1) is 9.72. The summed E-state index contributed by atoms with van der Waals surface area (Å²) in [5.41, 5.74) is 0. The molecule has 0 spiro atoms. The number of hydrogen-bond donors (Lipinski definition) is 2. The number of aromatic nitrogens is 2. The van der Waals surface area contributed by atoms with E-state index in [0.29, 0.717) is 12.1 Å². The molecule has 5 nitrogen and oxygen atoms in total. The summed E-state index contributed by atoms with van der Waals surface area (Å²) in [6.07, 6.45) is 6.59. The molecule has 0 saturated carbocycles. The van der Waals surface area contributed by atoms with Gasteiger partial charge in [0.05, 0.1) is 0 Å². The van der Waals surface area contributed by atoms with Gasteiger partial charge in [0.2, 0.25) is 5.82 Å². The van der Waals surface area contributed by atoms with Gasteiger partial charge < -0.3 is 10.6 Å². The second-order valence-corrected chi connectivity index (χ2v) is 4.44. The van der Waals surface area contributed by atoms with Gasteiger partial charge >= 0.3 is 0 Å².